The van der Waals surface area contributed by atoms with Gasteiger partial charge in [-0.1, -0.05) is 79.1 Å². The molecule has 0 bridgehead atoms. The van der Waals surface area contributed by atoms with Crippen molar-refractivity contribution in [2.45, 2.75) is 97.9 Å². The molecular weight excluding hydrogens is 246 g/mol. The van der Waals surface area contributed by atoms with Crippen molar-refractivity contribution in [3.63, 3.8) is 0 Å². The maximum atomic E-state index is 6.10. The Morgan fingerprint density at radius 1 is 0.800 bits per heavy atom. The summed E-state index contributed by atoms with van der Waals surface area (Å²) in [4.78, 5) is 0. The quantitative estimate of drug-likeness (QED) is 0.466. The van der Waals surface area contributed by atoms with Crippen LogP contribution in [0.4, 0.5) is 0 Å². The molecule has 0 fully saturated rings. The molecule has 122 valence electrons. The summed E-state index contributed by atoms with van der Waals surface area (Å²) in [6.45, 7) is 10.6. The van der Waals surface area contributed by atoms with Crippen LogP contribution in [0.5, 0.6) is 0 Å². The summed E-state index contributed by atoms with van der Waals surface area (Å²) < 4.78 is 5.68. The van der Waals surface area contributed by atoms with E-state index in [1.807, 2.05) is 0 Å². The fourth-order valence-electron chi connectivity index (χ4n) is 2.26. The highest BCUT2D eigenvalue weighted by molar-refractivity contribution is 4.76. The maximum absolute atomic E-state index is 6.10. The van der Waals surface area contributed by atoms with Gasteiger partial charge in [0.05, 0.1) is 0 Å². The van der Waals surface area contributed by atoms with Crippen LogP contribution in [0.3, 0.4) is 0 Å². The van der Waals surface area contributed by atoms with Gasteiger partial charge in [-0.2, -0.15) is 0 Å². The van der Waals surface area contributed by atoms with Gasteiger partial charge >= 0.3 is 0 Å². The van der Waals surface area contributed by atoms with Gasteiger partial charge in [-0.25, -0.2) is 0 Å². The molecule has 2 N–H and O–H groups in total. The molecule has 20 heavy (non-hydrogen) atoms. The van der Waals surface area contributed by atoms with Crippen LogP contribution in [0.25, 0.3) is 0 Å². The first-order valence-electron chi connectivity index (χ1n) is 8.81. The lowest BCUT2D eigenvalue weighted by Crippen LogP contribution is -2.35. The summed E-state index contributed by atoms with van der Waals surface area (Å²) >= 11 is 0. The highest BCUT2D eigenvalue weighted by Gasteiger charge is 2.19. The van der Waals surface area contributed by atoms with Crippen LogP contribution in [0.2, 0.25) is 0 Å². The Kier molecular flexibility index (Phi) is 12.6. The number of hydrogen-bond donors (Lipinski definition) is 1. The Morgan fingerprint density at radius 3 is 1.80 bits per heavy atom. The molecule has 0 amide bonds. The molecule has 0 aromatic rings. The zero-order valence-electron chi connectivity index (χ0n) is 14.5. The summed E-state index contributed by atoms with van der Waals surface area (Å²) in [5, 5.41) is 0. The third kappa shape index (κ3) is 12.9. The molecule has 1 atom stereocenters. The van der Waals surface area contributed by atoms with Crippen LogP contribution in [-0.2, 0) is 4.74 Å². The van der Waals surface area contributed by atoms with Gasteiger partial charge in [0.2, 0.25) is 0 Å². The molecule has 1 unspecified atom stereocenters. The SMILES string of the molecule is CCCCCCCCCCCOCCC(N)C(C)(C)C. The minimum Gasteiger partial charge on any atom is -0.381 e. The lowest BCUT2D eigenvalue weighted by atomic mass is 9.86. The van der Waals surface area contributed by atoms with E-state index in [9.17, 15) is 0 Å². The summed E-state index contributed by atoms with van der Waals surface area (Å²) in [5.74, 6) is 0. The summed E-state index contributed by atoms with van der Waals surface area (Å²) in [7, 11) is 0. The monoisotopic (exact) mass is 285 g/mol. The van der Waals surface area contributed by atoms with Gasteiger partial charge in [0, 0.05) is 19.3 Å². The van der Waals surface area contributed by atoms with Crippen molar-refractivity contribution in [2.75, 3.05) is 13.2 Å². The molecular formula is C18H39NO. The fraction of sp³-hybridized carbons (Fsp3) is 1.00. The van der Waals surface area contributed by atoms with Crippen LogP contribution in [0.15, 0.2) is 0 Å². The van der Waals surface area contributed by atoms with Crippen LogP contribution in [0.1, 0.15) is 91.9 Å². The number of hydrogen-bond acceptors (Lipinski definition) is 2. The van der Waals surface area contributed by atoms with E-state index in [-0.39, 0.29) is 11.5 Å². The third-order valence-corrected chi connectivity index (χ3v) is 4.08. The zero-order chi connectivity index (χ0) is 15.3. The Labute approximate surface area is 127 Å². The van der Waals surface area contributed by atoms with Gasteiger partial charge in [0.15, 0.2) is 0 Å². The molecule has 0 aliphatic carbocycles. The lowest BCUT2D eigenvalue weighted by molar-refractivity contribution is 0.112. The minimum atomic E-state index is 0.196. The van der Waals surface area contributed by atoms with Gasteiger partial charge in [-0.3, -0.25) is 0 Å². The second kappa shape index (κ2) is 12.6. The predicted molar refractivity (Wildman–Crippen MR) is 90.1 cm³/mol. The van der Waals surface area contributed by atoms with E-state index in [2.05, 4.69) is 27.7 Å². The number of nitrogens with two attached hydrogens (primary N) is 1. The summed E-state index contributed by atoms with van der Waals surface area (Å²) in [6.07, 6.45) is 13.3. The van der Waals surface area contributed by atoms with Gasteiger partial charge in [-0.15, -0.1) is 0 Å². The minimum absolute atomic E-state index is 0.196. The fourth-order valence-corrected chi connectivity index (χ4v) is 2.26. The van der Waals surface area contributed by atoms with Crippen LogP contribution < -0.4 is 5.73 Å². The van der Waals surface area contributed by atoms with E-state index in [0.717, 1.165) is 19.6 Å². The molecule has 2 heteroatoms. The zero-order valence-corrected chi connectivity index (χ0v) is 14.5. The first-order valence-corrected chi connectivity index (χ1v) is 8.81. The van der Waals surface area contributed by atoms with E-state index < -0.39 is 0 Å². The number of ether oxygens (including phenoxy) is 1. The summed E-state index contributed by atoms with van der Waals surface area (Å²) in [6, 6.07) is 0.241. The van der Waals surface area contributed by atoms with Crippen LogP contribution in [-0.4, -0.2) is 19.3 Å². The van der Waals surface area contributed by atoms with Gasteiger partial charge in [0.1, 0.15) is 0 Å². The molecule has 0 heterocycles. The van der Waals surface area contributed by atoms with Gasteiger partial charge < -0.3 is 10.5 Å². The highest BCUT2D eigenvalue weighted by atomic mass is 16.5. The first-order chi connectivity index (χ1) is 9.48. The first kappa shape index (κ1) is 19.9. The molecule has 0 radical (unpaired) electrons. The van der Waals surface area contributed by atoms with Crippen LogP contribution >= 0.6 is 0 Å². The molecule has 0 rings (SSSR count). The summed E-state index contributed by atoms with van der Waals surface area (Å²) in [5.41, 5.74) is 6.30. The average Bonchev–Trinajstić information content (AvgIpc) is 2.38. The van der Waals surface area contributed by atoms with Crippen molar-refractivity contribution in [3.8, 4) is 0 Å². The molecule has 0 spiro atoms. The number of unbranched alkanes of at least 4 members (excludes halogenated alkanes) is 8. The van der Waals surface area contributed by atoms with Crippen molar-refractivity contribution in [1.82, 2.24) is 0 Å². The van der Waals surface area contributed by atoms with Crippen molar-refractivity contribution in [3.05, 3.63) is 0 Å². The molecule has 0 saturated heterocycles. The molecule has 0 saturated carbocycles. The number of rotatable bonds is 13. The average molecular weight is 286 g/mol. The third-order valence-electron chi connectivity index (χ3n) is 4.08. The molecule has 0 aliphatic heterocycles. The van der Waals surface area contributed by atoms with Gasteiger partial charge in [-0.05, 0) is 18.3 Å². The van der Waals surface area contributed by atoms with Crippen molar-refractivity contribution >= 4 is 0 Å². The Balaban J connectivity index is 3.14. The molecule has 0 aromatic heterocycles. The molecule has 0 aromatic carbocycles. The molecule has 0 aliphatic rings. The normalized spacial score (nSPS) is 13.7. The Morgan fingerprint density at radius 2 is 1.30 bits per heavy atom. The van der Waals surface area contributed by atoms with Crippen molar-refractivity contribution in [1.29, 1.82) is 0 Å². The van der Waals surface area contributed by atoms with E-state index in [4.69, 9.17) is 10.5 Å². The standard InChI is InChI=1S/C18H39NO/c1-5-6-7-8-9-10-11-12-13-15-20-16-14-17(19)18(2,3)4/h17H,5-16,19H2,1-4H3. The van der Waals surface area contributed by atoms with Gasteiger partial charge in [0.25, 0.3) is 0 Å². The van der Waals surface area contributed by atoms with E-state index >= 15 is 0 Å². The largest absolute Gasteiger partial charge is 0.381 e. The maximum Gasteiger partial charge on any atom is 0.0480 e. The molecule has 2 nitrogen and oxygen atoms in total. The second-order valence-corrected chi connectivity index (χ2v) is 7.20. The van der Waals surface area contributed by atoms with E-state index in [1.54, 1.807) is 0 Å². The highest BCUT2D eigenvalue weighted by Crippen LogP contribution is 2.19. The van der Waals surface area contributed by atoms with Crippen molar-refractivity contribution in [2.24, 2.45) is 11.1 Å². The second-order valence-electron chi connectivity index (χ2n) is 7.20. The lowest BCUT2D eigenvalue weighted by Gasteiger charge is -2.26. The van der Waals surface area contributed by atoms with Crippen LogP contribution in [0, 0.1) is 5.41 Å². The predicted octanol–water partition coefficient (Wildman–Crippen LogP) is 5.30. The van der Waals surface area contributed by atoms with E-state index in [1.165, 1.54) is 57.8 Å². The topological polar surface area (TPSA) is 35.2 Å². The van der Waals surface area contributed by atoms with E-state index in [0.29, 0.717) is 0 Å². The smallest absolute Gasteiger partial charge is 0.0480 e. The van der Waals surface area contributed by atoms with Crippen molar-refractivity contribution < 1.29 is 4.74 Å². The Bertz CT molecular complexity index is 198. The Hall–Kier alpha value is -0.0800.